The first-order valence-electron chi connectivity index (χ1n) is 6.31. The number of hydrogen-bond acceptors (Lipinski definition) is 2. The van der Waals surface area contributed by atoms with Crippen LogP contribution in [-0.4, -0.2) is 11.7 Å². The summed E-state index contributed by atoms with van der Waals surface area (Å²) in [4.78, 5) is 2.71. The molecule has 0 aliphatic heterocycles. The Morgan fingerprint density at radius 3 is 2.50 bits per heavy atom. The summed E-state index contributed by atoms with van der Waals surface area (Å²) in [5.41, 5.74) is 2.66. The van der Waals surface area contributed by atoms with Gasteiger partial charge >= 0.3 is 0 Å². The van der Waals surface area contributed by atoms with E-state index >= 15 is 0 Å². The molecule has 0 spiro atoms. The summed E-state index contributed by atoms with van der Waals surface area (Å²) in [5, 5.41) is 8.99. The van der Waals surface area contributed by atoms with Crippen molar-refractivity contribution < 1.29 is 5.11 Å². The van der Waals surface area contributed by atoms with Gasteiger partial charge in [0, 0.05) is 16.4 Å². The quantitative estimate of drug-likeness (QED) is 0.875. The summed E-state index contributed by atoms with van der Waals surface area (Å²) < 4.78 is 0. The average molecular weight is 260 g/mol. The van der Waals surface area contributed by atoms with Crippen molar-refractivity contribution >= 4 is 11.3 Å². The van der Waals surface area contributed by atoms with E-state index in [0.717, 1.165) is 6.42 Å². The highest BCUT2D eigenvalue weighted by Crippen LogP contribution is 2.35. The lowest BCUT2D eigenvalue weighted by Gasteiger charge is -2.15. The lowest BCUT2D eigenvalue weighted by Crippen LogP contribution is -2.07. The van der Waals surface area contributed by atoms with Gasteiger partial charge < -0.3 is 5.11 Å². The number of aliphatic hydroxyl groups excluding tert-OH is 1. The molecule has 0 atom stereocenters. The highest BCUT2D eigenvalue weighted by molar-refractivity contribution is 7.15. The zero-order valence-corrected chi connectivity index (χ0v) is 12.1. The van der Waals surface area contributed by atoms with Crippen molar-refractivity contribution in [2.24, 2.45) is 0 Å². The van der Waals surface area contributed by atoms with E-state index in [1.807, 2.05) is 11.3 Å². The van der Waals surface area contributed by atoms with E-state index in [2.05, 4.69) is 57.2 Å². The van der Waals surface area contributed by atoms with E-state index < -0.39 is 0 Å². The maximum atomic E-state index is 8.99. The molecule has 0 unspecified atom stereocenters. The molecule has 0 bridgehead atoms. The number of hydrogen-bond donors (Lipinski definition) is 1. The van der Waals surface area contributed by atoms with Crippen molar-refractivity contribution in [1.82, 2.24) is 0 Å². The largest absolute Gasteiger partial charge is 0.396 e. The predicted octanol–water partition coefficient (Wildman–Crippen LogP) is 4.25. The Morgan fingerprint density at radius 1 is 1.11 bits per heavy atom. The summed E-state index contributed by atoms with van der Waals surface area (Å²) in [6.45, 7) is 6.93. The molecule has 2 heteroatoms. The summed E-state index contributed by atoms with van der Waals surface area (Å²) in [6, 6.07) is 12.9. The van der Waals surface area contributed by atoms with Crippen molar-refractivity contribution in [2.75, 3.05) is 6.61 Å². The Kier molecular flexibility index (Phi) is 3.88. The minimum Gasteiger partial charge on any atom is -0.396 e. The molecule has 1 aromatic carbocycles. The molecule has 1 N–H and O–H groups in total. The van der Waals surface area contributed by atoms with Crippen LogP contribution in [0.2, 0.25) is 0 Å². The van der Waals surface area contributed by atoms with Crippen LogP contribution in [0.4, 0.5) is 0 Å². The van der Waals surface area contributed by atoms with E-state index in [4.69, 9.17) is 5.11 Å². The van der Waals surface area contributed by atoms with Gasteiger partial charge in [-0.05, 0) is 35.1 Å². The van der Waals surface area contributed by atoms with Crippen LogP contribution in [0.3, 0.4) is 0 Å². The van der Waals surface area contributed by atoms with E-state index in [1.165, 1.54) is 20.9 Å². The van der Waals surface area contributed by atoms with Crippen LogP contribution in [0.1, 0.15) is 31.2 Å². The average Bonchev–Trinajstić information content (AvgIpc) is 2.78. The highest BCUT2D eigenvalue weighted by atomic mass is 32.1. The standard InChI is InChI=1S/C16H20OS/c1-16(2,3)15-8-7-14(18-15)13-6-4-5-12(11-13)9-10-17/h4-8,11,17H,9-10H2,1-3H3. The van der Waals surface area contributed by atoms with Gasteiger partial charge in [-0.15, -0.1) is 11.3 Å². The second-order valence-corrected chi connectivity index (χ2v) is 6.67. The number of rotatable bonds is 3. The molecule has 0 amide bonds. The van der Waals surface area contributed by atoms with Crippen molar-refractivity contribution in [1.29, 1.82) is 0 Å². The molecule has 0 radical (unpaired) electrons. The number of benzene rings is 1. The molecule has 0 saturated heterocycles. The highest BCUT2D eigenvalue weighted by Gasteiger charge is 2.16. The maximum Gasteiger partial charge on any atom is 0.0471 e. The molecule has 0 saturated carbocycles. The van der Waals surface area contributed by atoms with Crippen LogP contribution in [0, 0.1) is 0 Å². The summed E-state index contributed by atoms with van der Waals surface area (Å²) in [7, 11) is 0. The zero-order chi connectivity index (χ0) is 13.2. The van der Waals surface area contributed by atoms with E-state index in [-0.39, 0.29) is 12.0 Å². The van der Waals surface area contributed by atoms with Crippen LogP contribution in [-0.2, 0) is 11.8 Å². The first kappa shape index (κ1) is 13.3. The van der Waals surface area contributed by atoms with Gasteiger partial charge in [0.25, 0.3) is 0 Å². The third kappa shape index (κ3) is 3.01. The van der Waals surface area contributed by atoms with Gasteiger partial charge in [0.2, 0.25) is 0 Å². The van der Waals surface area contributed by atoms with Gasteiger partial charge in [-0.3, -0.25) is 0 Å². The zero-order valence-electron chi connectivity index (χ0n) is 11.2. The molecule has 2 rings (SSSR count). The van der Waals surface area contributed by atoms with Crippen LogP contribution in [0.5, 0.6) is 0 Å². The fourth-order valence-electron chi connectivity index (χ4n) is 1.91. The van der Waals surface area contributed by atoms with Crippen LogP contribution in [0.25, 0.3) is 10.4 Å². The third-order valence-corrected chi connectivity index (χ3v) is 4.52. The molecule has 0 aliphatic rings. The first-order valence-corrected chi connectivity index (χ1v) is 7.13. The van der Waals surface area contributed by atoms with Gasteiger partial charge in [0.15, 0.2) is 0 Å². The normalized spacial score (nSPS) is 11.8. The van der Waals surface area contributed by atoms with Gasteiger partial charge in [-0.1, -0.05) is 45.0 Å². The molecule has 1 heterocycles. The topological polar surface area (TPSA) is 20.2 Å². The molecule has 18 heavy (non-hydrogen) atoms. The smallest absolute Gasteiger partial charge is 0.0471 e. The summed E-state index contributed by atoms with van der Waals surface area (Å²) in [6.07, 6.45) is 0.728. The summed E-state index contributed by atoms with van der Waals surface area (Å²) in [5.74, 6) is 0. The van der Waals surface area contributed by atoms with Gasteiger partial charge in [0.05, 0.1) is 0 Å². The lowest BCUT2D eigenvalue weighted by molar-refractivity contribution is 0.299. The van der Waals surface area contributed by atoms with Crippen LogP contribution in [0.15, 0.2) is 36.4 Å². The Bertz CT molecular complexity index is 520. The van der Waals surface area contributed by atoms with Crippen LogP contribution >= 0.6 is 11.3 Å². The van der Waals surface area contributed by atoms with E-state index in [1.54, 1.807) is 0 Å². The molecular formula is C16H20OS. The van der Waals surface area contributed by atoms with E-state index in [9.17, 15) is 0 Å². The molecular weight excluding hydrogens is 240 g/mol. The number of thiophene rings is 1. The predicted molar refractivity (Wildman–Crippen MR) is 79.2 cm³/mol. The molecule has 1 aromatic heterocycles. The Balaban J connectivity index is 2.31. The van der Waals surface area contributed by atoms with Gasteiger partial charge in [-0.2, -0.15) is 0 Å². The number of aliphatic hydroxyl groups is 1. The molecule has 0 aliphatic carbocycles. The van der Waals surface area contributed by atoms with Gasteiger partial charge in [0.1, 0.15) is 0 Å². The van der Waals surface area contributed by atoms with Gasteiger partial charge in [-0.25, -0.2) is 0 Å². The minimum atomic E-state index is 0.209. The molecule has 1 nitrogen and oxygen atoms in total. The van der Waals surface area contributed by atoms with Crippen molar-refractivity contribution in [3.63, 3.8) is 0 Å². The van der Waals surface area contributed by atoms with Crippen molar-refractivity contribution in [3.8, 4) is 10.4 Å². The third-order valence-electron chi connectivity index (χ3n) is 2.96. The maximum absolute atomic E-state index is 8.99. The second-order valence-electron chi connectivity index (χ2n) is 5.59. The fourth-order valence-corrected chi connectivity index (χ4v) is 2.97. The van der Waals surface area contributed by atoms with Crippen molar-refractivity contribution in [2.45, 2.75) is 32.6 Å². The Morgan fingerprint density at radius 2 is 1.89 bits per heavy atom. The first-order chi connectivity index (χ1) is 8.50. The molecule has 2 aromatic rings. The fraction of sp³-hybridized carbons (Fsp3) is 0.375. The Labute approximate surface area is 113 Å². The molecule has 0 fully saturated rings. The second kappa shape index (κ2) is 5.25. The Hall–Kier alpha value is -1.12. The van der Waals surface area contributed by atoms with E-state index in [0.29, 0.717) is 0 Å². The lowest BCUT2D eigenvalue weighted by atomic mass is 9.95. The SMILES string of the molecule is CC(C)(C)c1ccc(-c2cccc(CCO)c2)s1. The van der Waals surface area contributed by atoms with Crippen LogP contribution < -0.4 is 0 Å². The molecule has 96 valence electrons. The summed E-state index contributed by atoms with van der Waals surface area (Å²) >= 11 is 1.86. The van der Waals surface area contributed by atoms with Crippen molar-refractivity contribution in [3.05, 3.63) is 46.8 Å². The monoisotopic (exact) mass is 260 g/mol. The minimum absolute atomic E-state index is 0.209.